The zero-order chi connectivity index (χ0) is 12.1. The first kappa shape index (κ1) is 13.5. The first-order valence-corrected chi connectivity index (χ1v) is 7.60. The molecule has 0 amide bonds. The van der Waals surface area contributed by atoms with E-state index in [4.69, 9.17) is 4.74 Å². The standard InChI is InChI=1S/C13H17Br2NO/c14-12-5-4-10(7-13(12)15)8-16-9-11-3-1-2-6-17-11/h4-5,7,11,16H,1-3,6,8-9H2. The van der Waals surface area contributed by atoms with Crippen LogP contribution >= 0.6 is 31.9 Å². The van der Waals surface area contributed by atoms with Crippen LogP contribution in [-0.4, -0.2) is 19.3 Å². The highest BCUT2D eigenvalue weighted by Gasteiger charge is 2.12. The van der Waals surface area contributed by atoms with E-state index >= 15 is 0 Å². The molecule has 1 N–H and O–H groups in total. The number of hydrogen-bond acceptors (Lipinski definition) is 2. The van der Waals surface area contributed by atoms with Gasteiger partial charge in [0.1, 0.15) is 0 Å². The van der Waals surface area contributed by atoms with Crippen LogP contribution in [-0.2, 0) is 11.3 Å². The zero-order valence-corrected chi connectivity index (χ0v) is 12.9. The number of halogens is 2. The Balaban J connectivity index is 1.75. The highest BCUT2D eigenvalue weighted by atomic mass is 79.9. The molecule has 0 saturated carbocycles. The summed E-state index contributed by atoms with van der Waals surface area (Å²) in [5, 5.41) is 3.46. The topological polar surface area (TPSA) is 21.3 Å². The summed E-state index contributed by atoms with van der Waals surface area (Å²) in [5.41, 5.74) is 1.29. The summed E-state index contributed by atoms with van der Waals surface area (Å²) in [6.45, 7) is 2.77. The van der Waals surface area contributed by atoms with E-state index in [0.717, 1.165) is 28.6 Å². The maximum atomic E-state index is 5.68. The van der Waals surface area contributed by atoms with E-state index in [1.807, 2.05) is 0 Å². The molecule has 1 saturated heterocycles. The van der Waals surface area contributed by atoms with Gasteiger partial charge in [-0.15, -0.1) is 0 Å². The molecule has 0 aliphatic carbocycles. The van der Waals surface area contributed by atoms with Gasteiger partial charge in [-0.05, 0) is 68.8 Å². The summed E-state index contributed by atoms with van der Waals surface area (Å²) in [6.07, 6.45) is 4.12. The molecule has 0 radical (unpaired) electrons. The molecule has 1 aliphatic heterocycles. The van der Waals surface area contributed by atoms with Crippen LogP contribution in [0.15, 0.2) is 27.1 Å². The van der Waals surface area contributed by atoms with Gasteiger partial charge in [0.05, 0.1) is 6.10 Å². The van der Waals surface area contributed by atoms with E-state index in [1.165, 1.54) is 24.8 Å². The maximum absolute atomic E-state index is 5.68. The third-order valence-electron chi connectivity index (χ3n) is 2.96. The highest BCUT2D eigenvalue weighted by molar-refractivity contribution is 9.13. The fourth-order valence-electron chi connectivity index (χ4n) is 2.00. The summed E-state index contributed by atoms with van der Waals surface area (Å²) in [7, 11) is 0. The van der Waals surface area contributed by atoms with Crippen LogP contribution < -0.4 is 5.32 Å². The Hall–Kier alpha value is 0.1000. The zero-order valence-electron chi connectivity index (χ0n) is 9.72. The van der Waals surface area contributed by atoms with Crippen molar-refractivity contribution in [2.75, 3.05) is 13.2 Å². The second-order valence-corrected chi connectivity index (χ2v) is 6.08. The molecule has 0 bridgehead atoms. The monoisotopic (exact) mass is 361 g/mol. The predicted octanol–water partition coefficient (Wildman–Crippen LogP) is 3.87. The van der Waals surface area contributed by atoms with Crippen molar-refractivity contribution in [2.45, 2.75) is 31.9 Å². The first-order valence-electron chi connectivity index (χ1n) is 6.02. The lowest BCUT2D eigenvalue weighted by Gasteiger charge is -2.22. The SMILES string of the molecule is Brc1ccc(CNCC2CCCCO2)cc1Br. The predicted molar refractivity (Wildman–Crippen MR) is 77.1 cm³/mol. The summed E-state index contributed by atoms with van der Waals surface area (Å²) in [5.74, 6) is 0. The summed E-state index contributed by atoms with van der Waals surface area (Å²) in [4.78, 5) is 0. The molecule has 1 fully saturated rings. The maximum Gasteiger partial charge on any atom is 0.0699 e. The van der Waals surface area contributed by atoms with Crippen molar-refractivity contribution in [3.63, 3.8) is 0 Å². The summed E-state index contributed by atoms with van der Waals surface area (Å²) < 4.78 is 7.88. The van der Waals surface area contributed by atoms with Crippen molar-refractivity contribution >= 4 is 31.9 Å². The molecular weight excluding hydrogens is 346 g/mol. The number of ether oxygens (including phenoxy) is 1. The van der Waals surface area contributed by atoms with Gasteiger partial charge in [0.2, 0.25) is 0 Å². The summed E-state index contributed by atoms with van der Waals surface area (Å²) in [6, 6.07) is 6.33. The van der Waals surface area contributed by atoms with E-state index in [1.54, 1.807) is 0 Å². The lowest BCUT2D eigenvalue weighted by molar-refractivity contribution is 0.0168. The molecule has 1 aromatic rings. The van der Waals surface area contributed by atoms with Crippen LogP contribution in [0.1, 0.15) is 24.8 Å². The Kier molecular flexibility index (Phi) is 5.48. The van der Waals surface area contributed by atoms with Gasteiger partial charge in [-0.25, -0.2) is 0 Å². The quantitative estimate of drug-likeness (QED) is 0.877. The Morgan fingerprint density at radius 2 is 2.12 bits per heavy atom. The van der Waals surface area contributed by atoms with Gasteiger partial charge in [0.15, 0.2) is 0 Å². The molecule has 1 aromatic carbocycles. The van der Waals surface area contributed by atoms with E-state index in [9.17, 15) is 0 Å². The molecule has 2 rings (SSSR count). The van der Waals surface area contributed by atoms with Gasteiger partial charge in [-0.1, -0.05) is 6.07 Å². The van der Waals surface area contributed by atoms with E-state index in [0.29, 0.717) is 6.10 Å². The molecule has 1 atom stereocenters. The minimum atomic E-state index is 0.405. The third kappa shape index (κ3) is 4.36. The van der Waals surface area contributed by atoms with Crippen LogP contribution in [0.25, 0.3) is 0 Å². The van der Waals surface area contributed by atoms with E-state index in [-0.39, 0.29) is 0 Å². The van der Waals surface area contributed by atoms with Crippen LogP contribution in [0.2, 0.25) is 0 Å². The van der Waals surface area contributed by atoms with Gasteiger partial charge in [-0.2, -0.15) is 0 Å². The number of rotatable bonds is 4. The minimum absolute atomic E-state index is 0.405. The molecule has 17 heavy (non-hydrogen) atoms. The first-order chi connectivity index (χ1) is 8.25. The number of benzene rings is 1. The normalized spacial score (nSPS) is 20.5. The van der Waals surface area contributed by atoms with Gasteiger partial charge >= 0.3 is 0 Å². The van der Waals surface area contributed by atoms with Crippen molar-refractivity contribution in [2.24, 2.45) is 0 Å². The Bertz CT molecular complexity index is 364. The average Bonchev–Trinajstić information content (AvgIpc) is 2.35. The molecule has 1 heterocycles. The lowest BCUT2D eigenvalue weighted by atomic mass is 10.1. The van der Waals surface area contributed by atoms with Crippen LogP contribution in [0, 0.1) is 0 Å². The van der Waals surface area contributed by atoms with Gasteiger partial charge < -0.3 is 10.1 Å². The van der Waals surface area contributed by atoms with Crippen molar-refractivity contribution in [3.8, 4) is 0 Å². The van der Waals surface area contributed by atoms with Gasteiger partial charge in [-0.3, -0.25) is 0 Å². The van der Waals surface area contributed by atoms with Gasteiger partial charge in [0.25, 0.3) is 0 Å². The fraction of sp³-hybridized carbons (Fsp3) is 0.538. The average molecular weight is 363 g/mol. The van der Waals surface area contributed by atoms with Gasteiger partial charge in [0, 0.05) is 28.6 Å². The molecule has 94 valence electrons. The fourth-order valence-corrected chi connectivity index (χ4v) is 2.67. The molecular formula is C13H17Br2NO. The minimum Gasteiger partial charge on any atom is -0.377 e. The van der Waals surface area contributed by atoms with Crippen molar-refractivity contribution in [3.05, 3.63) is 32.7 Å². The summed E-state index contributed by atoms with van der Waals surface area (Å²) >= 11 is 6.99. The lowest BCUT2D eigenvalue weighted by Crippen LogP contribution is -2.31. The molecule has 0 spiro atoms. The second kappa shape index (κ2) is 6.88. The molecule has 0 aromatic heterocycles. The van der Waals surface area contributed by atoms with Crippen molar-refractivity contribution < 1.29 is 4.74 Å². The number of nitrogens with one attached hydrogen (secondary N) is 1. The molecule has 2 nitrogen and oxygen atoms in total. The molecule has 1 aliphatic rings. The Morgan fingerprint density at radius 3 is 2.82 bits per heavy atom. The van der Waals surface area contributed by atoms with Crippen LogP contribution in [0.4, 0.5) is 0 Å². The molecule has 4 heteroatoms. The second-order valence-electron chi connectivity index (χ2n) is 4.37. The van der Waals surface area contributed by atoms with Crippen molar-refractivity contribution in [1.29, 1.82) is 0 Å². The van der Waals surface area contributed by atoms with Crippen LogP contribution in [0.5, 0.6) is 0 Å². The Labute approximate surface area is 119 Å². The highest BCUT2D eigenvalue weighted by Crippen LogP contribution is 2.23. The largest absolute Gasteiger partial charge is 0.377 e. The number of hydrogen-bond donors (Lipinski definition) is 1. The van der Waals surface area contributed by atoms with Crippen molar-refractivity contribution in [1.82, 2.24) is 5.32 Å². The molecule has 1 unspecified atom stereocenters. The van der Waals surface area contributed by atoms with E-state index < -0.39 is 0 Å². The Morgan fingerprint density at radius 1 is 1.24 bits per heavy atom. The van der Waals surface area contributed by atoms with E-state index in [2.05, 4.69) is 55.4 Å². The van der Waals surface area contributed by atoms with Crippen LogP contribution in [0.3, 0.4) is 0 Å². The third-order valence-corrected chi connectivity index (χ3v) is 4.84. The smallest absolute Gasteiger partial charge is 0.0699 e.